The number of methoxy groups -OCH3 is 1. The maximum atomic E-state index is 12.3. The monoisotopic (exact) mass is 161 g/mol. The zero-order valence-corrected chi connectivity index (χ0v) is 5.64. The molecule has 11 heavy (non-hydrogen) atoms. The van der Waals surface area contributed by atoms with E-state index in [1.165, 1.54) is 7.11 Å². The molecule has 2 N–H and O–H groups in total. The number of rotatable bonds is 1. The van der Waals surface area contributed by atoms with Crippen molar-refractivity contribution in [1.29, 1.82) is 0 Å². The van der Waals surface area contributed by atoms with Gasteiger partial charge in [-0.3, -0.25) is 0 Å². The highest BCUT2D eigenvalue weighted by Crippen LogP contribution is 2.15. The van der Waals surface area contributed by atoms with Gasteiger partial charge in [0.15, 0.2) is 5.82 Å². The van der Waals surface area contributed by atoms with Crippen LogP contribution < -0.4 is 10.5 Å². The van der Waals surface area contributed by atoms with E-state index in [1.54, 1.807) is 0 Å². The molecule has 0 aliphatic rings. The maximum absolute atomic E-state index is 12.3. The van der Waals surface area contributed by atoms with Gasteiger partial charge in [-0.05, 0) is 0 Å². The molecule has 0 fully saturated rings. The molecular weight excluding hydrogens is 156 g/mol. The smallest absolute Gasteiger partial charge is 0.271 e. The molecule has 60 valence electrons. The topological polar surface area (TPSA) is 61.0 Å². The summed E-state index contributed by atoms with van der Waals surface area (Å²) in [7, 11) is 1.23. The van der Waals surface area contributed by atoms with Crippen LogP contribution in [0.2, 0.25) is 0 Å². The predicted molar refractivity (Wildman–Crippen MR) is 32.9 cm³/mol. The van der Waals surface area contributed by atoms with Crippen LogP contribution in [-0.2, 0) is 0 Å². The Kier molecular flexibility index (Phi) is 1.84. The molecule has 1 aromatic heterocycles. The fraction of sp³-hybridized carbons (Fsp3) is 0.200. The average Bonchev–Trinajstić information content (AvgIpc) is 1.97. The van der Waals surface area contributed by atoms with Crippen LogP contribution in [0.4, 0.5) is 14.6 Å². The highest BCUT2D eigenvalue weighted by molar-refractivity contribution is 5.38. The van der Waals surface area contributed by atoms with Crippen LogP contribution in [0.5, 0.6) is 5.88 Å². The number of hydrogen-bond donors (Lipinski definition) is 1. The molecule has 0 aromatic carbocycles. The summed E-state index contributed by atoms with van der Waals surface area (Å²) in [6.45, 7) is 0. The SMILES string of the molecule is COc1nc(F)c(F)nc1N. The maximum Gasteiger partial charge on any atom is 0.271 e. The van der Waals surface area contributed by atoms with Gasteiger partial charge in [-0.25, -0.2) is 0 Å². The van der Waals surface area contributed by atoms with Gasteiger partial charge in [0.25, 0.3) is 17.8 Å². The van der Waals surface area contributed by atoms with Crippen LogP contribution in [-0.4, -0.2) is 17.1 Å². The van der Waals surface area contributed by atoms with Crippen molar-refractivity contribution in [3.05, 3.63) is 11.9 Å². The first-order valence-electron chi connectivity index (χ1n) is 2.67. The van der Waals surface area contributed by atoms with Crippen molar-refractivity contribution in [3.8, 4) is 5.88 Å². The molecule has 0 spiro atoms. The predicted octanol–water partition coefficient (Wildman–Crippen LogP) is 0.346. The van der Waals surface area contributed by atoms with Crippen LogP contribution in [0.15, 0.2) is 0 Å². The van der Waals surface area contributed by atoms with Gasteiger partial charge in [0.2, 0.25) is 0 Å². The van der Waals surface area contributed by atoms with Crippen molar-refractivity contribution in [2.45, 2.75) is 0 Å². The van der Waals surface area contributed by atoms with Gasteiger partial charge < -0.3 is 10.5 Å². The Labute approximate surface area is 61.0 Å². The van der Waals surface area contributed by atoms with Gasteiger partial charge in [-0.2, -0.15) is 18.7 Å². The van der Waals surface area contributed by atoms with E-state index in [0.717, 1.165) is 0 Å². The number of ether oxygens (including phenoxy) is 1. The summed E-state index contributed by atoms with van der Waals surface area (Å²) < 4.78 is 28.9. The van der Waals surface area contributed by atoms with Crippen molar-refractivity contribution < 1.29 is 13.5 Å². The molecule has 0 aliphatic carbocycles. The number of halogens is 2. The standard InChI is InChI=1S/C5H5F2N3O/c1-11-5-4(8)9-2(6)3(7)10-5/h1H3,(H2,8,9). The van der Waals surface area contributed by atoms with Gasteiger partial charge >= 0.3 is 0 Å². The highest BCUT2D eigenvalue weighted by Gasteiger charge is 2.10. The summed E-state index contributed by atoms with van der Waals surface area (Å²) >= 11 is 0. The molecule has 1 rings (SSSR count). The fourth-order valence-electron chi connectivity index (χ4n) is 0.542. The summed E-state index contributed by atoms with van der Waals surface area (Å²) in [5.74, 6) is -3.14. The van der Waals surface area contributed by atoms with E-state index in [1.807, 2.05) is 0 Å². The number of nitrogens with two attached hydrogens (primary N) is 1. The van der Waals surface area contributed by atoms with Gasteiger partial charge in [0.05, 0.1) is 7.11 Å². The van der Waals surface area contributed by atoms with Crippen LogP contribution in [0.3, 0.4) is 0 Å². The van der Waals surface area contributed by atoms with Crippen molar-refractivity contribution in [2.75, 3.05) is 12.8 Å². The lowest BCUT2D eigenvalue weighted by atomic mass is 10.6. The van der Waals surface area contributed by atoms with E-state index in [2.05, 4.69) is 14.7 Å². The lowest BCUT2D eigenvalue weighted by Crippen LogP contribution is -2.03. The Morgan fingerprint density at radius 3 is 2.36 bits per heavy atom. The zero-order valence-electron chi connectivity index (χ0n) is 5.64. The molecule has 0 atom stereocenters. The van der Waals surface area contributed by atoms with Crippen LogP contribution in [0, 0.1) is 11.9 Å². The minimum absolute atomic E-state index is 0.219. The molecular formula is C5H5F2N3O. The van der Waals surface area contributed by atoms with Crippen LogP contribution in [0.1, 0.15) is 0 Å². The Hall–Kier alpha value is -1.46. The summed E-state index contributed by atoms with van der Waals surface area (Å²) in [5.41, 5.74) is 5.10. The van der Waals surface area contributed by atoms with Gasteiger partial charge in [-0.1, -0.05) is 0 Å². The Morgan fingerprint density at radius 1 is 1.27 bits per heavy atom. The van der Waals surface area contributed by atoms with Crippen molar-refractivity contribution >= 4 is 5.82 Å². The number of aromatic nitrogens is 2. The first kappa shape index (κ1) is 7.64. The minimum atomic E-state index is -1.33. The van der Waals surface area contributed by atoms with Crippen molar-refractivity contribution in [1.82, 2.24) is 9.97 Å². The third-order valence-electron chi connectivity index (χ3n) is 1.00. The summed E-state index contributed by atoms with van der Waals surface area (Å²) in [4.78, 5) is 6.03. The van der Waals surface area contributed by atoms with E-state index in [4.69, 9.17) is 5.73 Å². The quantitative estimate of drug-likeness (QED) is 0.645. The summed E-state index contributed by atoms with van der Waals surface area (Å²) in [6.07, 6.45) is 0. The lowest BCUT2D eigenvalue weighted by Gasteiger charge is -2.00. The summed E-state index contributed by atoms with van der Waals surface area (Å²) in [6, 6.07) is 0. The number of anilines is 1. The second kappa shape index (κ2) is 2.65. The molecule has 6 heteroatoms. The third-order valence-corrected chi connectivity index (χ3v) is 1.00. The first-order chi connectivity index (χ1) is 5.15. The molecule has 0 amide bonds. The largest absolute Gasteiger partial charge is 0.478 e. The number of nitrogens with zero attached hydrogens (tertiary/aromatic N) is 2. The molecule has 0 aliphatic heterocycles. The van der Waals surface area contributed by atoms with Crippen LogP contribution >= 0.6 is 0 Å². The Bertz CT molecular complexity index is 279. The number of hydrogen-bond acceptors (Lipinski definition) is 4. The molecule has 1 aromatic rings. The molecule has 4 nitrogen and oxygen atoms in total. The Balaban J connectivity index is 3.21. The molecule has 0 unspecified atom stereocenters. The lowest BCUT2D eigenvalue weighted by molar-refractivity contribution is 0.371. The average molecular weight is 161 g/mol. The van der Waals surface area contributed by atoms with Gasteiger partial charge in [0.1, 0.15) is 0 Å². The molecule has 0 saturated heterocycles. The van der Waals surface area contributed by atoms with E-state index in [-0.39, 0.29) is 11.7 Å². The zero-order chi connectivity index (χ0) is 8.43. The van der Waals surface area contributed by atoms with E-state index < -0.39 is 11.9 Å². The van der Waals surface area contributed by atoms with Crippen molar-refractivity contribution in [3.63, 3.8) is 0 Å². The second-order valence-corrected chi connectivity index (χ2v) is 1.70. The minimum Gasteiger partial charge on any atom is -0.478 e. The first-order valence-corrected chi connectivity index (χ1v) is 2.67. The molecule has 0 saturated carbocycles. The second-order valence-electron chi connectivity index (χ2n) is 1.70. The summed E-state index contributed by atoms with van der Waals surface area (Å²) in [5, 5.41) is 0. The third kappa shape index (κ3) is 1.34. The van der Waals surface area contributed by atoms with Crippen LogP contribution in [0.25, 0.3) is 0 Å². The number of nitrogen functional groups attached to an aromatic ring is 1. The molecule has 0 radical (unpaired) electrons. The van der Waals surface area contributed by atoms with E-state index in [9.17, 15) is 8.78 Å². The van der Waals surface area contributed by atoms with E-state index >= 15 is 0 Å². The van der Waals surface area contributed by atoms with Gasteiger partial charge in [-0.15, -0.1) is 0 Å². The van der Waals surface area contributed by atoms with Crippen molar-refractivity contribution in [2.24, 2.45) is 0 Å². The Morgan fingerprint density at radius 2 is 1.82 bits per heavy atom. The normalized spacial score (nSPS) is 9.73. The highest BCUT2D eigenvalue weighted by atomic mass is 19.2. The molecule has 1 heterocycles. The molecule has 0 bridgehead atoms. The van der Waals surface area contributed by atoms with Gasteiger partial charge in [0, 0.05) is 0 Å². The fourth-order valence-corrected chi connectivity index (χ4v) is 0.542. The van der Waals surface area contributed by atoms with E-state index in [0.29, 0.717) is 0 Å².